The van der Waals surface area contributed by atoms with Gasteiger partial charge in [-0.1, -0.05) is 12.1 Å². The topological polar surface area (TPSA) is 74.8 Å². The van der Waals surface area contributed by atoms with Crippen molar-refractivity contribution >= 4 is 23.6 Å². The second-order valence-corrected chi connectivity index (χ2v) is 4.88. The summed E-state index contributed by atoms with van der Waals surface area (Å²) in [5.41, 5.74) is 0.0334. The van der Waals surface area contributed by atoms with Crippen LogP contribution in [0.15, 0.2) is 24.3 Å². The molecule has 7 heteroatoms. The number of urea groups is 1. The number of benzene rings is 1. The number of nitrogens with zero attached hydrogens (tertiary/aromatic N) is 2. The van der Waals surface area contributed by atoms with Crippen LogP contribution in [0.3, 0.4) is 0 Å². The van der Waals surface area contributed by atoms with Crippen LogP contribution < -0.4 is 0 Å². The van der Waals surface area contributed by atoms with E-state index in [9.17, 15) is 23.6 Å². The Morgan fingerprint density at radius 1 is 1.19 bits per heavy atom. The van der Waals surface area contributed by atoms with Gasteiger partial charge < -0.3 is 0 Å². The van der Waals surface area contributed by atoms with Crippen LogP contribution in [0.25, 0.3) is 0 Å². The van der Waals surface area contributed by atoms with Crippen LogP contribution >= 0.6 is 0 Å². The molecule has 4 amide bonds. The first-order valence-electron chi connectivity index (χ1n) is 6.30. The Labute approximate surface area is 120 Å². The number of ketones is 1. The molecule has 0 radical (unpaired) electrons. The first kappa shape index (κ1) is 14.8. The van der Waals surface area contributed by atoms with Crippen molar-refractivity contribution in [3.05, 3.63) is 35.6 Å². The van der Waals surface area contributed by atoms with Gasteiger partial charge in [0.1, 0.15) is 5.82 Å². The molecule has 0 unspecified atom stereocenters. The standard InChI is InChI=1S/C14H13FN2O4/c1-8(2)17-13(20)12(19)16(14(17)21)7-11(18)9-4-3-5-10(15)6-9/h3-6,8H,7H2,1-2H3. The Bertz CT molecular complexity index is 642. The number of rotatable bonds is 4. The van der Waals surface area contributed by atoms with E-state index in [2.05, 4.69) is 0 Å². The summed E-state index contributed by atoms with van der Waals surface area (Å²) in [5.74, 6) is -3.21. The SMILES string of the molecule is CC(C)N1C(=O)C(=O)N(CC(=O)c2cccc(F)c2)C1=O. The number of hydrogen-bond donors (Lipinski definition) is 0. The normalized spacial score (nSPS) is 15.3. The smallest absolute Gasteiger partial charge is 0.292 e. The lowest BCUT2D eigenvalue weighted by molar-refractivity contribution is -0.143. The van der Waals surface area contributed by atoms with E-state index in [1.54, 1.807) is 13.8 Å². The highest BCUT2D eigenvalue weighted by atomic mass is 19.1. The fourth-order valence-electron chi connectivity index (χ4n) is 2.01. The van der Waals surface area contributed by atoms with Gasteiger partial charge in [-0.15, -0.1) is 0 Å². The Morgan fingerprint density at radius 3 is 2.38 bits per heavy atom. The maximum atomic E-state index is 13.1. The third-order valence-electron chi connectivity index (χ3n) is 3.05. The van der Waals surface area contributed by atoms with Crippen molar-refractivity contribution in [1.29, 1.82) is 0 Å². The van der Waals surface area contributed by atoms with Gasteiger partial charge in [0.25, 0.3) is 0 Å². The first-order valence-corrected chi connectivity index (χ1v) is 6.30. The van der Waals surface area contributed by atoms with Crippen molar-refractivity contribution in [1.82, 2.24) is 9.80 Å². The molecule has 1 aromatic carbocycles. The maximum Gasteiger partial charge on any atom is 0.334 e. The summed E-state index contributed by atoms with van der Waals surface area (Å²) >= 11 is 0. The minimum atomic E-state index is -1.04. The van der Waals surface area contributed by atoms with Crippen molar-refractivity contribution in [2.24, 2.45) is 0 Å². The number of halogens is 1. The molecule has 0 saturated carbocycles. The van der Waals surface area contributed by atoms with Crippen molar-refractivity contribution in [2.45, 2.75) is 19.9 Å². The van der Waals surface area contributed by atoms with E-state index in [4.69, 9.17) is 0 Å². The highest BCUT2D eigenvalue weighted by Gasteiger charge is 2.46. The molecule has 1 saturated heterocycles. The Morgan fingerprint density at radius 2 is 1.86 bits per heavy atom. The van der Waals surface area contributed by atoms with Crippen LogP contribution in [0, 0.1) is 5.82 Å². The van der Waals surface area contributed by atoms with E-state index < -0.39 is 42.0 Å². The maximum absolute atomic E-state index is 13.1. The molecule has 0 aliphatic carbocycles. The lowest BCUT2D eigenvalue weighted by atomic mass is 10.1. The average molecular weight is 292 g/mol. The predicted octanol–water partition coefficient (Wildman–Crippen LogP) is 1.21. The predicted molar refractivity (Wildman–Crippen MR) is 69.8 cm³/mol. The molecule has 1 fully saturated rings. The number of Topliss-reactive ketones (excluding diaryl/α,β-unsaturated/α-hetero) is 1. The lowest BCUT2D eigenvalue weighted by Gasteiger charge is -2.18. The summed E-state index contributed by atoms with van der Waals surface area (Å²) in [4.78, 5) is 48.8. The Kier molecular flexibility index (Phi) is 3.84. The third-order valence-corrected chi connectivity index (χ3v) is 3.05. The molecule has 1 aromatic rings. The molecule has 0 aromatic heterocycles. The van der Waals surface area contributed by atoms with E-state index >= 15 is 0 Å². The minimum absolute atomic E-state index is 0.0334. The van der Waals surface area contributed by atoms with Gasteiger partial charge in [0, 0.05) is 11.6 Å². The number of carbonyl (C=O) groups is 4. The minimum Gasteiger partial charge on any atom is -0.292 e. The van der Waals surface area contributed by atoms with E-state index in [1.807, 2.05) is 0 Å². The summed E-state index contributed by atoms with van der Waals surface area (Å²) in [6, 6.07) is 3.59. The fourth-order valence-corrected chi connectivity index (χ4v) is 2.01. The van der Waals surface area contributed by atoms with Crippen LogP contribution in [-0.4, -0.2) is 46.0 Å². The molecule has 1 aliphatic heterocycles. The summed E-state index contributed by atoms with van der Waals surface area (Å²) in [6.07, 6.45) is 0. The molecule has 110 valence electrons. The first-order chi connectivity index (χ1) is 9.82. The van der Waals surface area contributed by atoms with E-state index in [0.717, 1.165) is 11.0 Å². The summed E-state index contributed by atoms with van der Waals surface area (Å²) < 4.78 is 13.1. The van der Waals surface area contributed by atoms with Crippen molar-refractivity contribution in [2.75, 3.05) is 6.54 Å². The molecule has 0 N–H and O–H groups in total. The van der Waals surface area contributed by atoms with Crippen LogP contribution in [0.5, 0.6) is 0 Å². The molecule has 21 heavy (non-hydrogen) atoms. The van der Waals surface area contributed by atoms with Crippen molar-refractivity contribution in [3.8, 4) is 0 Å². The van der Waals surface area contributed by atoms with Gasteiger partial charge in [-0.3, -0.25) is 19.3 Å². The number of amides is 4. The number of carbonyl (C=O) groups excluding carboxylic acids is 4. The van der Waals surface area contributed by atoms with Crippen LogP contribution in [-0.2, 0) is 9.59 Å². The molecule has 0 bridgehead atoms. The zero-order chi connectivity index (χ0) is 15.7. The highest BCUT2D eigenvalue weighted by molar-refractivity contribution is 6.45. The van der Waals surface area contributed by atoms with Gasteiger partial charge in [0.15, 0.2) is 5.78 Å². The summed E-state index contributed by atoms with van der Waals surface area (Å²) in [5, 5.41) is 0. The summed E-state index contributed by atoms with van der Waals surface area (Å²) in [7, 11) is 0. The van der Waals surface area contributed by atoms with Crippen LogP contribution in [0.4, 0.5) is 9.18 Å². The molecule has 0 spiro atoms. The Hall–Kier alpha value is -2.57. The van der Waals surface area contributed by atoms with Gasteiger partial charge >= 0.3 is 17.8 Å². The zero-order valence-electron chi connectivity index (χ0n) is 11.5. The molecular weight excluding hydrogens is 279 g/mol. The number of hydrogen-bond acceptors (Lipinski definition) is 4. The molecular formula is C14H13FN2O4. The Balaban J connectivity index is 2.20. The van der Waals surface area contributed by atoms with Gasteiger partial charge in [-0.2, -0.15) is 0 Å². The van der Waals surface area contributed by atoms with E-state index in [1.165, 1.54) is 18.2 Å². The fraction of sp³-hybridized carbons (Fsp3) is 0.286. The largest absolute Gasteiger partial charge is 0.334 e. The molecule has 1 aliphatic rings. The molecule has 0 atom stereocenters. The van der Waals surface area contributed by atoms with Crippen molar-refractivity contribution in [3.63, 3.8) is 0 Å². The summed E-state index contributed by atoms with van der Waals surface area (Å²) in [6.45, 7) is 2.58. The second kappa shape index (κ2) is 5.43. The highest BCUT2D eigenvalue weighted by Crippen LogP contribution is 2.16. The molecule has 1 heterocycles. The second-order valence-electron chi connectivity index (χ2n) is 4.88. The zero-order valence-corrected chi connectivity index (χ0v) is 11.5. The third kappa shape index (κ3) is 2.67. The van der Waals surface area contributed by atoms with Gasteiger partial charge in [0.2, 0.25) is 0 Å². The number of imide groups is 2. The monoisotopic (exact) mass is 292 g/mol. The lowest BCUT2D eigenvalue weighted by Crippen LogP contribution is -2.39. The van der Waals surface area contributed by atoms with E-state index in [0.29, 0.717) is 4.90 Å². The van der Waals surface area contributed by atoms with Crippen LogP contribution in [0.2, 0.25) is 0 Å². The molecule has 2 rings (SSSR count). The van der Waals surface area contributed by atoms with E-state index in [-0.39, 0.29) is 5.56 Å². The molecule has 6 nitrogen and oxygen atoms in total. The average Bonchev–Trinajstić information content (AvgIpc) is 2.62. The van der Waals surface area contributed by atoms with Gasteiger partial charge in [0.05, 0.1) is 6.54 Å². The van der Waals surface area contributed by atoms with Gasteiger partial charge in [-0.25, -0.2) is 14.1 Å². The quantitative estimate of drug-likeness (QED) is 0.475. The van der Waals surface area contributed by atoms with Crippen molar-refractivity contribution < 1.29 is 23.6 Å². The van der Waals surface area contributed by atoms with Gasteiger partial charge in [-0.05, 0) is 26.0 Å². The van der Waals surface area contributed by atoms with Crippen LogP contribution in [0.1, 0.15) is 24.2 Å².